The molecule has 3 rings (SSSR count). The summed E-state index contributed by atoms with van der Waals surface area (Å²) in [7, 11) is 1.82. The number of anilines is 1. The molecule has 1 aliphatic heterocycles. The molecule has 0 radical (unpaired) electrons. The smallest absolute Gasteiger partial charge is 0.257 e. The van der Waals surface area contributed by atoms with Crippen molar-refractivity contribution in [2.75, 3.05) is 31.1 Å². The van der Waals surface area contributed by atoms with E-state index in [0.717, 1.165) is 31.9 Å². The van der Waals surface area contributed by atoms with Gasteiger partial charge in [-0.15, -0.1) is 0 Å². The first kappa shape index (κ1) is 13.6. The summed E-state index contributed by atoms with van der Waals surface area (Å²) in [5.74, 6) is 1.04. The van der Waals surface area contributed by atoms with Crippen molar-refractivity contribution >= 4 is 11.7 Å². The van der Waals surface area contributed by atoms with Crippen LogP contribution in [0.4, 0.5) is 5.82 Å². The zero-order chi connectivity index (χ0) is 14.7. The summed E-state index contributed by atoms with van der Waals surface area (Å²) in [6.07, 6.45) is 6.15. The van der Waals surface area contributed by atoms with Crippen molar-refractivity contribution in [2.45, 2.75) is 6.42 Å². The lowest BCUT2D eigenvalue weighted by molar-refractivity contribution is 0.0767. The van der Waals surface area contributed by atoms with Crippen molar-refractivity contribution in [2.24, 2.45) is 7.05 Å². The van der Waals surface area contributed by atoms with Gasteiger partial charge in [0.25, 0.3) is 5.91 Å². The molecule has 1 saturated heterocycles. The minimum atomic E-state index is 0.0611. The number of pyridine rings is 1. The SMILES string of the molecule is Cn1cc(C(=O)N2CCCN(c3ccccn3)CC2)cn1. The van der Waals surface area contributed by atoms with E-state index in [1.165, 1.54) is 0 Å². The minimum absolute atomic E-state index is 0.0611. The molecule has 3 heterocycles. The Morgan fingerprint density at radius 2 is 2.10 bits per heavy atom. The van der Waals surface area contributed by atoms with Crippen LogP contribution in [-0.4, -0.2) is 51.8 Å². The standard InChI is InChI=1S/C15H19N5O/c1-18-12-13(11-17-18)15(21)20-8-4-7-19(9-10-20)14-5-2-3-6-16-14/h2-3,5-6,11-12H,4,7-10H2,1H3. The summed E-state index contributed by atoms with van der Waals surface area (Å²) >= 11 is 0. The fourth-order valence-corrected chi connectivity index (χ4v) is 2.60. The molecule has 21 heavy (non-hydrogen) atoms. The number of hydrogen-bond acceptors (Lipinski definition) is 4. The number of carbonyl (C=O) groups excluding carboxylic acids is 1. The van der Waals surface area contributed by atoms with Gasteiger partial charge in [-0.05, 0) is 18.6 Å². The summed E-state index contributed by atoms with van der Waals surface area (Å²) < 4.78 is 1.66. The molecule has 110 valence electrons. The van der Waals surface area contributed by atoms with Gasteiger partial charge in [0.1, 0.15) is 5.82 Å². The van der Waals surface area contributed by atoms with Gasteiger partial charge in [0.05, 0.1) is 11.8 Å². The molecule has 1 amide bonds. The summed E-state index contributed by atoms with van der Waals surface area (Å²) in [6.45, 7) is 3.22. The Bertz CT molecular complexity index is 610. The van der Waals surface area contributed by atoms with Gasteiger partial charge in [0.2, 0.25) is 0 Å². The average Bonchev–Trinajstić information content (AvgIpc) is 2.81. The van der Waals surface area contributed by atoms with E-state index in [2.05, 4.69) is 15.0 Å². The molecule has 0 aromatic carbocycles. The number of amides is 1. The predicted octanol–water partition coefficient (Wildman–Crippen LogP) is 1.17. The molecule has 0 atom stereocenters. The normalized spacial score (nSPS) is 15.9. The summed E-state index contributed by atoms with van der Waals surface area (Å²) in [5, 5.41) is 4.07. The van der Waals surface area contributed by atoms with Crippen LogP contribution in [0.2, 0.25) is 0 Å². The van der Waals surface area contributed by atoms with Gasteiger partial charge in [-0.25, -0.2) is 4.98 Å². The monoisotopic (exact) mass is 285 g/mol. The van der Waals surface area contributed by atoms with Gasteiger partial charge in [-0.1, -0.05) is 6.07 Å². The maximum absolute atomic E-state index is 12.4. The van der Waals surface area contributed by atoms with E-state index in [9.17, 15) is 4.79 Å². The molecule has 0 N–H and O–H groups in total. The van der Waals surface area contributed by atoms with Crippen LogP contribution >= 0.6 is 0 Å². The Hall–Kier alpha value is -2.37. The third kappa shape index (κ3) is 3.04. The highest BCUT2D eigenvalue weighted by atomic mass is 16.2. The third-order valence-electron chi connectivity index (χ3n) is 3.71. The fourth-order valence-electron chi connectivity index (χ4n) is 2.60. The van der Waals surface area contributed by atoms with E-state index in [1.54, 1.807) is 23.3 Å². The number of nitrogens with zero attached hydrogens (tertiary/aromatic N) is 5. The maximum atomic E-state index is 12.4. The lowest BCUT2D eigenvalue weighted by Crippen LogP contribution is -2.35. The molecule has 0 saturated carbocycles. The zero-order valence-electron chi connectivity index (χ0n) is 12.1. The highest BCUT2D eigenvalue weighted by molar-refractivity contribution is 5.93. The van der Waals surface area contributed by atoms with E-state index >= 15 is 0 Å². The van der Waals surface area contributed by atoms with Gasteiger partial charge < -0.3 is 9.80 Å². The molecule has 6 nitrogen and oxygen atoms in total. The summed E-state index contributed by atoms with van der Waals surface area (Å²) in [5.41, 5.74) is 0.656. The Kier molecular flexibility index (Phi) is 3.85. The van der Waals surface area contributed by atoms with Gasteiger partial charge in [-0.3, -0.25) is 9.48 Å². The van der Waals surface area contributed by atoms with Crippen LogP contribution in [0.25, 0.3) is 0 Å². The molecule has 2 aromatic heterocycles. The lowest BCUT2D eigenvalue weighted by atomic mass is 10.3. The van der Waals surface area contributed by atoms with E-state index in [1.807, 2.05) is 30.1 Å². The van der Waals surface area contributed by atoms with E-state index in [4.69, 9.17) is 0 Å². The Labute approximate surface area is 124 Å². The highest BCUT2D eigenvalue weighted by Gasteiger charge is 2.21. The molecule has 0 spiro atoms. The van der Waals surface area contributed by atoms with Crippen LogP contribution in [0.15, 0.2) is 36.8 Å². The largest absolute Gasteiger partial charge is 0.355 e. The first-order valence-corrected chi connectivity index (χ1v) is 7.18. The third-order valence-corrected chi connectivity index (χ3v) is 3.71. The van der Waals surface area contributed by atoms with Crippen molar-refractivity contribution in [3.05, 3.63) is 42.4 Å². The average molecular weight is 285 g/mol. The predicted molar refractivity (Wildman–Crippen MR) is 80.2 cm³/mol. The first-order valence-electron chi connectivity index (χ1n) is 7.18. The number of aromatic nitrogens is 3. The van der Waals surface area contributed by atoms with Gasteiger partial charge in [0.15, 0.2) is 0 Å². The topological polar surface area (TPSA) is 54.3 Å². The molecule has 6 heteroatoms. The Morgan fingerprint density at radius 1 is 1.19 bits per heavy atom. The second-order valence-corrected chi connectivity index (χ2v) is 5.22. The fraction of sp³-hybridized carbons (Fsp3) is 0.400. The second-order valence-electron chi connectivity index (χ2n) is 5.22. The van der Waals surface area contributed by atoms with Crippen molar-refractivity contribution in [1.82, 2.24) is 19.7 Å². The minimum Gasteiger partial charge on any atom is -0.355 e. The molecule has 1 fully saturated rings. The van der Waals surface area contributed by atoms with Crippen LogP contribution in [0, 0.1) is 0 Å². The van der Waals surface area contributed by atoms with Crippen molar-refractivity contribution in [3.63, 3.8) is 0 Å². The molecule has 0 unspecified atom stereocenters. The number of rotatable bonds is 2. The van der Waals surface area contributed by atoms with E-state index in [0.29, 0.717) is 12.1 Å². The Morgan fingerprint density at radius 3 is 2.81 bits per heavy atom. The van der Waals surface area contributed by atoms with Crippen molar-refractivity contribution < 1.29 is 4.79 Å². The molecular weight excluding hydrogens is 266 g/mol. The summed E-state index contributed by atoms with van der Waals surface area (Å²) in [4.78, 5) is 21.0. The molecule has 1 aliphatic rings. The molecule has 0 bridgehead atoms. The number of aryl methyl sites for hydroxylation is 1. The molecule has 2 aromatic rings. The quantitative estimate of drug-likeness (QED) is 0.831. The highest BCUT2D eigenvalue weighted by Crippen LogP contribution is 2.14. The van der Waals surface area contributed by atoms with Crippen LogP contribution in [0.5, 0.6) is 0 Å². The van der Waals surface area contributed by atoms with Crippen LogP contribution in [0.3, 0.4) is 0 Å². The lowest BCUT2D eigenvalue weighted by Gasteiger charge is -2.22. The van der Waals surface area contributed by atoms with Crippen LogP contribution in [-0.2, 0) is 7.05 Å². The van der Waals surface area contributed by atoms with Gasteiger partial charge in [0, 0.05) is 45.6 Å². The van der Waals surface area contributed by atoms with Crippen molar-refractivity contribution in [3.8, 4) is 0 Å². The maximum Gasteiger partial charge on any atom is 0.257 e. The van der Waals surface area contributed by atoms with E-state index in [-0.39, 0.29) is 5.91 Å². The first-order chi connectivity index (χ1) is 10.2. The van der Waals surface area contributed by atoms with Gasteiger partial charge >= 0.3 is 0 Å². The van der Waals surface area contributed by atoms with Crippen LogP contribution < -0.4 is 4.90 Å². The number of carbonyl (C=O) groups is 1. The zero-order valence-corrected chi connectivity index (χ0v) is 12.1. The molecular formula is C15H19N5O. The second kappa shape index (κ2) is 5.95. The molecule has 0 aliphatic carbocycles. The summed E-state index contributed by atoms with van der Waals surface area (Å²) in [6, 6.07) is 5.92. The van der Waals surface area contributed by atoms with Gasteiger partial charge in [-0.2, -0.15) is 5.10 Å². The Balaban J connectivity index is 1.67. The van der Waals surface area contributed by atoms with Crippen LogP contribution in [0.1, 0.15) is 16.8 Å². The van der Waals surface area contributed by atoms with E-state index < -0.39 is 0 Å². The number of hydrogen-bond donors (Lipinski definition) is 0. The van der Waals surface area contributed by atoms with Crippen molar-refractivity contribution in [1.29, 1.82) is 0 Å².